The number of carboxylic acids is 1. The summed E-state index contributed by atoms with van der Waals surface area (Å²) in [6.07, 6.45) is 2.94. The summed E-state index contributed by atoms with van der Waals surface area (Å²) in [7, 11) is 1.55. The van der Waals surface area contributed by atoms with E-state index in [-0.39, 0.29) is 31.5 Å². The molecule has 1 aromatic carbocycles. The number of likely N-dealkylation sites (N-methyl/N-ethyl adjacent to an activating group) is 1. The van der Waals surface area contributed by atoms with E-state index in [0.29, 0.717) is 35.7 Å². The second-order valence-corrected chi connectivity index (χ2v) is 7.26. The average molecular weight is 393 g/mol. The van der Waals surface area contributed by atoms with Crippen LogP contribution in [0.5, 0.6) is 5.75 Å². The maximum atomic E-state index is 12.7. The van der Waals surface area contributed by atoms with Crippen molar-refractivity contribution >= 4 is 35.5 Å². The third kappa shape index (κ3) is 4.42. The van der Waals surface area contributed by atoms with Crippen molar-refractivity contribution in [3.8, 4) is 5.75 Å². The number of carbonyl (C=O) groups excluding carboxylic acids is 2. The number of nitrogens with zero attached hydrogens (tertiary/aromatic N) is 2. The van der Waals surface area contributed by atoms with Gasteiger partial charge in [-0.1, -0.05) is 11.6 Å². The van der Waals surface area contributed by atoms with Crippen LogP contribution in [0.15, 0.2) is 23.8 Å². The molecular weight excluding hydrogens is 372 g/mol. The van der Waals surface area contributed by atoms with Crippen molar-refractivity contribution in [3.05, 3.63) is 34.4 Å². The number of amides is 2. The van der Waals surface area contributed by atoms with Crippen molar-refractivity contribution < 1.29 is 24.2 Å². The number of benzene rings is 1. The Hall–Kier alpha value is -2.54. The number of carboxylic acid groups (broad SMARTS) is 1. The number of fused-ring (bicyclic) bond motifs is 1. The highest BCUT2D eigenvalue weighted by Crippen LogP contribution is 2.29. The smallest absolute Gasteiger partial charge is 0.308 e. The molecule has 0 aliphatic carbocycles. The standard InChI is InChI=1S/C19H21ClN2O5/c1-21(10-17(23)22-6-2-3-12(9-22)19(25)26)18(24)14-7-13-8-15(20)4-5-16(13)27-11-14/h4-5,7-8,12H,2-3,6,9-11H2,1H3,(H,25,26). The molecule has 0 aromatic heterocycles. The van der Waals surface area contributed by atoms with E-state index >= 15 is 0 Å². The Morgan fingerprint density at radius 2 is 2.15 bits per heavy atom. The number of likely N-dealkylation sites (tertiary alicyclic amines) is 1. The molecule has 1 atom stereocenters. The van der Waals surface area contributed by atoms with E-state index in [4.69, 9.17) is 21.4 Å². The van der Waals surface area contributed by atoms with Crippen LogP contribution in [0, 0.1) is 5.92 Å². The van der Waals surface area contributed by atoms with Crippen LogP contribution in [0.1, 0.15) is 18.4 Å². The van der Waals surface area contributed by atoms with Gasteiger partial charge in [-0.25, -0.2) is 0 Å². The van der Waals surface area contributed by atoms with E-state index in [9.17, 15) is 14.4 Å². The largest absolute Gasteiger partial charge is 0.488 e. The summed E-state index contributed by atoms with van der Waals surface area (Å²) in [5.74, 6) is -1.33. The Balaban J connectivity index is 1.64. The van der Waals surface area contributed by atoms with E-state index in [0.717, 1.165) is 5.56 Å². The molecule has 2 aliphatic rings. The number of aliphatic carboxylic acids is 1. The molecule has 2 amide bonds. The van der Waals surface area contributed by atoms with Crippen molar-refractivity contribution in [2.24, 2.45) is 5.92 Å². The van der Waals surface area contributed by atoms with Crippen molar-refractivity contribution in [2.75, 3.05) is 33.3 Å². The van der Waals surface area contributed by atoms with Gasteiger partial charge in [-0.3, -0.25) is 14.4 Å². The third-order valence-corrected chi connectivity index (χ3v) is 5.04. The van der Waals surface area contributed by atoms with E-state index in [1.165, 1.54) is 9.80 Å². The SMILES string of the molecule is CN(CC(=O)N1CCCC(C(=O)O)C1)C(=O)C1=Cc2cc(Cl)ccc2OC1. The summed E-state index contributed by atoms with van der Waals surface area (Å²) in [6.45, 7) is 0.720. The second-order valence-electron chi connectivity index (χ2n) is 6.82. The maximum absolute atomic E-state index is 12.7. The van der Waals surface area contributed by atoms with Gasteiger partial charge in [0, 0.05) is 30.7 Å². The molecule has 144 valence electrons. The molecule has 3 rings (SSSR count). The number of ether oxygens (including phenoxy) is 1. The second kappa shape index (κ2) is 8.00. The van der Waals surface area contributed by atoms with Crippen LogP contribution in [0.4, 0.5) is 0 Å². The molecule has 1 saturated heterocycles. The molecule has 1 N–H and O–H groups in total. The van der Waals surface area contributed by atoms with Crippen LogP contribution in [0.2, 0.25) is 5.02 Å². The van der Waals surface area contributed by atoms with Gasteiger partial charge in [0.2, 0.25) is 5.91 Å². The molecule has 7 nitrogen and oxygen atoms in total. The fraction of sp³-hybridized carbons (Fsp3) is 0.421. The predicted octanol–water partition coefficient (Wildman–Crippen LogP) is 1.90. The first kappa shape index (κ1) is 19.2. The number of hydrogen-bond acceptors (Lipinski definition) is 4. The lowest BCUT2D eigenvalue weighted by Gasteiger charge is -2.32. The summed E-state index contributed by atoms with van der Waals surface area (Å²) in [5.41, 5.74) is 1.15. The van der Waals surface area contributed by atoms with Crippen LogP contribution in [-0.4, -0.2) is 66.0 Å². The number of piperidine rings is 1. The number of rotatable bonds is 4. The first-order valence-electron chi connectivity index (χ1n) is 8.74. The first-order valence-corrected chi connectivity index (χ1v) is 9.12. The van der Waals surface area contributed by atoms with E-state index in [1.54, 1.807) is 31.3 Å². The van der Waals surface area contributed by atoms with Crippen LogP contribution in [0.3, 0.4) is 0 Å². The molecule has 0 radical (unpaired) electrons. The average Bonchev–Trinajstić information content (AvgIpc) is 2.66. The topological polar surface area (TPSA) is 87.2 Å². The first-order chi connectivity index (χ1) is 12.8. The van der Waals surface area contributed by atoms with Crippen LogP contribution >= 0.6 is 11.6 Å². The van der Waals surface area contributed by atoms with Crippen molar-refractivity contribution in [1.82, 2.24) is 9.80 Å². The Morgan fingerprint density at radius 1 is 1.37 bits per heavy atom. The van der Waals surface area contributed by atoms with Gasteiger partial charge in [0.25, 0.3) is 5.91 Å². The van der Waals surface area contributed by atoms with Crippen LogP contribution < -0.4 is 4.74 Å². The zero-order chi connectivity index (χ0) is 19.6. The highest BCUT2D eigenvalue weighted by Gasteiger charge is 2.29. The van der Waals surface area contributed by atoms with Gasteiger partial charge < -0.3 is 19.6 Å². The highest BCUT2D eigenvalue weighted by molar-refractivity contribution is 6.30. The Kier molecular flexibility index (Phi) is 5.70. The van der Waals surface area contributed by atoms with Crippen molar-refractivity contribution in [2.45, 2.75) is 12.8 Å². The number of hydrogen-bond donors (Lipinski definition) is 1. The Bertz CT molecular complexity index is 807. The summed E-state index contributed by atoms with van der Waals surface area (Å²) >= 11 is 5.98. The van der Waals surface area contributed by atoms with E-state index in [1.807, 2.05) is 0 Å². The van der Waals surface area contributed by atoms with Gasteiger partial charge >= 0.3 is 5.97 Å². The zero-order valence-electron chi connectivity index (χ0n) is 15.0. The summed E-state index contributed by atoms with van der Waals surface area (Å²) in [6, 6.07) is 5.18. The lowest BCUT2D eigenvalue weighted by Crippen LogP contribution is -2.47. The molecule has 2 aliphatic heterocycles. The molecule has 1 fully saturated rings. The summed E-state index contributed by atoms with van der Waals surface area (Å²) in [5, 5.41) is 9.69. The Labute approximate surface area is 162 Å². The lowest BCUT2D eigenvalue weighted by atomic mass is 9.98. The predicted molar refractivity (Wildman–Crippen MR) is 99.5 cm³/mol. The van der Waals surface area contributed by atoms with Gasteiger partial charge in [-0.2, -0.15) is 0 Å². The molecule has 1 aromatic rings. The fourth-order valence-electron chi connectivity index (χ4n) is 3.30. The minimum atomic E-state index is -0.890. The maximum Gasteiger partial charge on any atom is 0.308 e. The molecule has 0 spiro atoms. The molecule has 0 saturated carbocycles. The van der Waals surface area contributed by atoms with Crippen LogP contribution in [0.25, 0.3) is 6.08 Å². The highest BCUT2D eigenvalue weighted by atomic mass is 35.5. The van der Waals surface area contributed by atoms with Gasteiger partial charge in [0.05, 0.1) is 18.0 Å². The fourth-order valence-corrected chi connectivity index (χ4v) is 3.48. The number of halogens is 1. The molecule has 8 heteroatoms. The van der Waals surface area contributed by atoms with Gasteiger partial charge in [-0.15, -0.1) is 0 Å². The minimum Gasteiger partial charge on any atom is -0.488 e. The van der Waals surface area contributed by atoms with Crippen molar-refractivity contribution in [1.29, 1.82) is 0 Å². The zero-order valence-corrected chi connectivity index (χ0v) is 15.7. The van der Waals surface area contributed by atoms with Crippen LogP contribution in [-0.2, 0) is 14.4 Å². The quantitative estimate of drug-likeness (QED) is 0.845. The van der Waals surface area contributed by atoms with E-state index < -0.39 is 11.9 Å². The molecule has 1 unspecified atom stereocenters. The number of carbonyl (C=O) groups is 3. The summed E-state index contributed by atoms with van der Waals surface area (Å²) < 4.78 is 5.59. The molecule has 27 heavy (non-hydrogen) atoms. The lowest BCUT2D eigenvalue weighted by molar-refractivity contribution is -0.147. The minimum absolute atomic E-state index is 0.106. The third-order valence-electron chi connectivity index (χ3n) is 4.80. The summed E-state index contributed by atoms with van der Waals surface area (Å²) in [4.78, 5) is 39.1. The molecule has 0 bridgehead atoms. The Morgan fingerprint density at radius 3 is 2.89 bits per heavy atom. The monoisotopic (exact) mass is 392 g/mol. The van der Waals surface area contributed by atoms with Gasteiger partial charge in [-0.05, 0) is 37.1 Å². The van der Waals surface area contributed by atoms with E-state index in [2.05, 4.69) is 0 Å². The van der Waals surface area contributed by atoms with Gasteiger partial charge in [0.15, 0.2) is 0 Å². The molecular formula is C19H21ClN2O5. The van der Waals surface area contributed by atoms with Crippen molar-refractivity contribution in [3.63, 3.8) is 0 Å². The normalized spacial score (nSPS) is 18.8. The van der Waals surface area contributed by atoms with Gasteiger partial charge in [0.1, 0.15) is 12.4 Å². The molecule has 2 heterocycles.